The highest BCUT2D eigenvalue weighted by atomic mass is 16.5. The average molecular weight is 477 g/mol. The number of benzene rings is 2. The van der Waals surface area contributed by atoms with Crippen LogP contribution in [0.5, 0.6) is 0 Å². The number of rotatable bonds is 7. The number of carboxylic acids is 1. The second-order valence-electron chi connectivity index (χ2n) is 9.96. The molecule has 2 aromatic rings. The highest BCUT2D eigenvalue weighted by Gasteiger charge is 2.49. The fraction of sp³-hybridized carbons (Fsp3) is 0.464. The number of fused-ring (bicyclic) bond motifs is 4. The summed E-state index contributed by atoms with van der Waals surface area (Å²) in [5, 5.41) is 12.6. The first kappa shape index (κ1) is 23.4. The molecule has 0 radical (unpaired) electrons. The lowest BCUT2D eigenvalue weighted by atomic mass is 9.94. The third kappa shape index (κ3) is 4.40. The zero-order valence-electron chi connectivity index (χ0n) is 20.0. The molecule has 35 heavy (non-hydrogen) atoms. The van der Waals surface area contributed by atoms with E-state index >= 15 is 0 Å². The van der Waals surface area contributed by atoms with Crippen molar-refractivity contribution < 1.29 is 24.2 Å². The van der Waals surface area contributed by atoms with Gasteiger partial charge in [-0.1, -0.05) is 61.9 Å². The van der Waals surface area contributed by atoms with E-state index in [0.29, 0.717) is 13.0 Å². The Hall–Kier alpha value is -3.35. The predicted molar refractivity (Wildman–Crippen MR) is 131 cm³/mol. The number of carboxylic acid groups (broad SMARTS) is 1. The van der Waals surface area contributed by atoms with Crippen molar-refractivity contribution in [3.8, 4) is 11.1 Å². The standard InChI is InChI=1S/C28H32N2O5/c1-2-18(14-25(31)30-15-17-8-7-13-19(17)26(30)27(32)33)29-28(34)35-16-24-22-11-5-3-9-20(22)21-10-4-6-12-23(21)24/h3-6,9-12,17-19,24,26H,2,7-8,13-16H2,1H3,(H,29,34)(H,32,33). The Balaban J connectivity index is 1.19. The molecule has 7 heteroatoms. The van der Waals surface area contributed by atoms with Crippen LogP contribution in [-0.4, -0.2) is 53.2 Å². The average Bonchev–Trinajstić information content (AvgIpc) is 3.53. The number of carbonyl (C=O) groups is 3. The number of amides is 2. The lowest BCUT2D eigenvalue weighted by Crippen LogP contribution is -2.46. The van der Waals surface area contributed by atoms with E-state index in [1.807, 2.05) is 31.2 Å². The third-order valence-corrected chi connectivity index (χ3v) is 8.04. The van der Waals surface area contributed by atoms with E-state index in [4.69, 9.17) is 4.74 Å². The van der Waals surface area contributed by atoms with E-state index in [9.17, 15) is 19.5 Å². The van der Waals surface area contributed by atoms with Gasteiger partial charge in [0.1, 0.15) is 12.6 Å². The fourth-order valence-electron chi connectivity index (χ4n) is 6.31. The highest BCUT2D eigenvalue weighted by molar-refractivity contribution is 5.85. The van der Waals surface area contributed by atoms with Gasteiger partial charge in [0.15, 0.2) is 0 Å². The second kappa shape index (κ2) is 9.72. The molecule has 3 aliphatic rings. The van der Waals surface area contributed by atoms with Gasteiger partial charge >= 0.3 is 12.1 Å². The van der Waals surface area contributed by atoms with Crippen LogP contribution >= 0.6 is 0 Å². The molecular weight excluding hydrogens is 444 g/mol. The van der Waals surface area contributed by atoms with Gasteiger partial charge in [-0.15, -0.1) is 0 Å². The molecule has 0 aromatic heterocycles. The molecule has 2 amide bonds. The molecule has 184 valence electrons. The molecule has 2 N–H and O–H groups in total. The van der Waals surface area contributed by atoms with E-state index in [2.05, 4.69) is 29.6 Å². The Bertz CT molecular complexity index is 1090. The highest BCUT2D eigenvalue weighted by Crippen LogP contribution is 2.45. The number of alkyl carbamates (subject to hydrolysis) is 1. The Morgan fingerprint density at radius 1 is 1.06 bits per heavy atom. The number of hydrogen-bond acceptors (Lipinski definition) is 4. The first-order valence-corrected chi connectivity index (χ1v) is 12.6. The molecule has 1 heterocycles. The number of nitrogens with one attached hydrogen (secondary N) is 1. The molecule has 2 fully saturated rings. The van der Waals surface area contributed by atoms with Crippen molar-refractivity contribution in [3.05, 3.63) is 59.7 Å². The number of nitrogens with zero attached hydrogens (tertiary/aromatic N) is 1. The molecule has 1 aliphatic heterocycles. The molecule has 4 atom stereocenters. The van der Waals surface area contributed by atoms with Crippen LogP contribution in [0.15, 0.2) is 48.5 Å². The van der Waals surface area contributed by atoms with Gasteiger partial charge in [-0.3, -0.25) is 4.79 Å². The number of carbonyl (C=O) groups excluding carboxylic acids is 2. The van der Waals surface area contributed by atoms with Crippen LogP contribution < -0.4 is 5.32 Å². The summed E-state index contributed by atoms with van der Waals surface area (Å²) in [6.45, 7) is 2.61. The topological polar surface area (TPSA) is 95.9 Å². The van der Waals surface area contributed by atoms with E-state index in [0.717, 1.165) is 41.5 Å². The van der Waals surface area contributed by atoms with Crippen molar-refractivity contribution in [2.24, 2.45) is 11.8 Å². The van der Waals surface area contributed by atoms with Gasteiger partial charge < -0.3 is 20.1 Å². The van der Waals surface area contributed by atoms with Gasteiger partial charge in [-0.25, -0.2) is 9.59 Å². The summed E-state index contributed by atoms with van der Waals surface area (Å²) in [5.74, 6) is -0.847. The molecule has 4 unspecified atom stereocenters. The van der Waals surface area contributed by atoms with Crippen LogP contribution in [0.2, 0.25) is 0 Å². The molecular formula is C28H32N2O5. The molecule has 1 saturated heterocycles. The van der Waals surface area contributed by atoms with Gasteiger partial charge in [0, 0.05) is 24.9 Å². The summed E-state index contributed by atoms with van der Waals surface area (Å²) in [6.07, 6.45) is 2.94. The van der Waals surface area contributed by atoms with Gasteiger partial charge in [-0.05, 0) is 53.4 Å². The first-order chi connectivity index (χ1) is 17.0. The van der Waals surface area contributed by atoms with Crippen molar-refractivity contribution in [3.63, 3.8) is 0 Å². The SMILES string of the molecule is CCC(CC(=O)N1CC2CCCC2C1C(=O)O)NC(=O)OCC1c2ccccc2-c2ccccc21. The number of hydrogen-bond donors (Lipinski definition) is 2. The molecule has 1 saturated carbocycles. The monoisotopic (exact) mass is 476 g/mol. The van der Waals surface area contributed by atoms with Crippen LogP contribution in [0.3, 0.4) is 0 Å². The van der Waals surface area contributed by atoms with E-state index in [-0.39, 0.29) is 36.7 Å². The first-order valence-electron chi connectivity index (χ1n) is 12.6. The van der Waals surface area contributed by atoms with E-state index < -0.39 is 24.1 Å². The van der Waals surface area contributed by atoms with Crippen LogP contribution in [0, 0.1) is 11.8 Å². The lowest BCUT2D eigenvalue weighted by molar-refractivity contribution is -0.149. The number of likely N-dealkylation sites (tertiary alicyclic amines) is 1. The van der Waals surface area contributed by atoms with Crippen LogP contribution in [0.4, 0.5) is 4.79 Å². The van der Waals surface area contributed by atoms with Gasteiger partial charge in [0.05, 0.1) is 0 Å². The zero-order valence-corrected chi connectivity index (χ0v) is 20.0. The normalized spacial score (nSPS) is 23.3. The largest absolute Gasteiger partial charge is 0.480 e. The van der Waals surface area contributed by atoms with Crippen molar-refractivity contribution in [1.29, 1.82) is 0 Å². The van der Waals surface area contributed by atoms with E-state index in [1.54, 1.807) is 0 Å². The summed E-state index contributed by atoms with van der Waals surface area (Å²) in [4.78, 5) is 39.2. The summed E-state index contributed by atoms with van der Waals surface area (Å²) in [7, 11) is 0. The van der Waals surface area contributed by atoms with Crippen molar-refractivity contribution in [2.75, 3.05) is 13.2 Å². The Morgan fingerprint density at radius 2 is 1.71 bits per heavy atom. The molecule has 5 rings (SSSR count). The van der Waals surface area contributed by atoms with Crippen molar-refractivity contribution >= 4 is 18.0 Å². The minimum atomic E-state index is -0.926. The smallest absolute Gasteiger partial charge is 0.407 e. The molecule has 0 bridgehead atoms. The van der Waals surface area contributed by atoms with E-state index in [1.165, 1.54) is 4.90 Å². The second-order valence-corrected chi connectivity index (χ2v) is 9.96. The third-order valence-electron chi connectivity index (χ3n) is 8.04. The molecule has 0 spiro atoms. The number of aliphatic carboxylic acids is 1. The van der Waals surface area contributed by atoms with Crippen LogP contribution in [-0.2, 0) is 14.3 Å². The number of ether oxygens (including phenoxy) is 1. The van der Waals surface area contributed by atoms with Crippen molar-refractivity contribution in [1.82, 2.24) is 10.2 Å². The maximum atomic E-state index is 13.1. The van der Waals surface area contributed by atoms with Gasteiger partial charge in [0.25, 0.3) is 0 Å². The van der Waals surface area contributed by atoms with Gasteiger partial charge in [-0.2, -0.15) is 0 Å². The summed E-state index contributed by atoms with van der Waals surface area (Å²) in [6, 6.07) is 15.2. The maximum absolute atomic E-state index is 13.1. The minimum Gasteiger partial charge on any atom is -0.480 e. The Labute approximate surface area is 205 Å². The van der Waals surface area contributed by atoms with Gasteiger partial charge in [0.2, 0.25) is 5.91 Å². The fourth-order valence-corrected chi connectivity index (χ4v) is 6.31. The quantitative estimate of drug-likeness (QED) is 0.617. The lowest BCUT2D eigenvalue weighted by Gasteiger charge is -2.26. The zero-order chi connectivity index (χ0) is 24.5. The van der Waals surface area contributed by atoms with Crippen LogP contribution in [0.1, 0.15) is 56.1 Å². The minimum absolute atomic E-state index is 0.0322. The summed E-state index contributed by atoms with van der Waals surface area (Å²) < 4.78 is 5.63. The molecule has 2 aromatic carbocycles. The summed E-state index contributed by atoms with van der Waals surface area (Å²) >= 11 is 0. The molecule has 7 nitrogen and oxygen atoms in total. The Kier molecular flexibility index (Phi) is 6.50. The Morgan fingerprint density at radius 3 is 2.34 bits per heavy atom. The van der Waals surface area contributed by atoms with Crippen LogP contribution in [0.25, 0.3) is 11.1 Å². The van der Waals surface area contributed by atoms with Crippen molar-refractivity contribution in [2.45, 2.75) is 57.0 Å². The predicted octanol–water partition coefficient (Wildman–Crippen LogP) is 4.41. The maximum Gasteiger partial charge on any atom is 0.407 e. The molecule has 2 aliphatic carbocycles. The summed E-state index contributed by atoms with van der Waals surface area (Å²) in [5.41, 5.74) is 4.61.